The third-order valence-electron chi connectivity index (χ3n) is 2.83. The number of aliphatic carboxylic acids is 1. The van der Waals surface area contributed by atoms with Gasteiger partial charge in [0.1, 0.15) is 0 Å². The van der Waals surface area contributed by atoms with Gasteiger partial charge in [-0.15, -0.1) is 11.3 Å². The molecular weight excluding hydrogens is 320 g/mol. The smallest absolute Gasteiger partial charge is 0.318 e. The van der Waals surface area contributed by atoms with Gasteiger partial charge in [0.05, 0.1) is 12.0 Å². The standard InChI is InChI=1S/C11H13BrN2O3S/c1-6(10(15)16)3-14-4-8(13-11(14)17)9-2-7(12)5-18-9/h2,5-6,8H,3-4H2,1H3,(H,13,17)(H,15,16). The molecule has 18 heavy (non-hydrogen) atoms. The van der Waals surface area contributed by atoms with E-state index < -0.39 is 11.9 Å². The molecule has 5 nitrogen and oxygen atoms in total. The van der Waals surface area contributed by atoms with E-state index in [4.69, 9.17) is 5.11 Å². The molecule has 1 aromatic rings. The first-order valence-corrected chi connectivity index (χ1v) is 7.17. The zero-order valence-corrected chi connectivity index (χ0v) is 12.1. The molecule has 1 fully saturated rings. The van der Waals surface area contributed by atoms with Crippen molar-refractivity contribution >= 4 is 39.3 Å². The van der Waals surface area contributed by atoms with Gasteiger partial charge in [-0.25, -0.2) is 4.79 Å². The monoisotopic (exact) mass is 332 g/mol. The number of carbonyl (C=O) groups excluding carboxylic acids is 1. The van der Waals surface area contributed by atoms with Gasteiger partial charge in [0.15, 0.2) is 0 Å². The SMILES string of the molecule is CC(CN1CC(c2cc(Br)cs2)NC1=O)C(=O)O. The van der Waals surface area contributed by atoms with Gasteiger partial charge >= 0.3 is 12.0 Å². The number of urea groups is 1. The largest absolute Gasteiger partial charge is 0.481 e. The zero-order chi connectivity index (χ0) is 13.3. The van der Waals surface area contributed by atoms with Gasteiger partial charge in [-0.2, -0.15) is 0 Å². The molecule has 0 aliphatic carbocycles. The first kappa shape index (κ1) is 13.4. The van der Waals surface area contributed by atoms with E-state index in [0.717, 1.165) is 9.35 Å². The highest BCUT2D eigenvalue weighted by atomic mass is 79.9. The summed E-state index contributed by atoms with van der Waals surface area (Å²) < 4.78 is 0.995. The van der Waals surface area contributed by atoms with Crippen LogP contribution >= 0.6 is 27.3 Å². The molecule has 1 saturated heterocycles. The van der Waals surface area contributed by atoms with Crippen LogP contribution in [0.3, 0.4) is 0 Å². The number of hydrogen-bond donors (Lipinski definition) is 2. The molecule has 0 bridgehead atoms. The Morgan fingerprint density at radius 3 is 3.06 bits per heavy atom. The first-order chi connectivity index (χ1) is 8.47. The molecule has 0 saturated carbocycles. The van der Waals surface area contributed by atoms with E-state index in [1.54, 1.807) is 23.2 Å². The van der Waals surface area contributed by atoms with Crippen LogP contribution in [0.25, 0.3) is 0 Å². The van der Waals surface area contributed by atoms with Crippen molar-refractivity contribution in [1.29, 1.82) is 0 Å². The van der Waals surface area contributed by atoms with Gasteiger partial charge in [-0.1, -0.05) is 6.92 Å². The lowest BCUT2D eigenvalue weighted by molar-refractivity contribution is -0.141. The Balaban J connectivity index is 2.01. The maximum absolute atomic E-state index is 11.7. The number of carbonyl (C=O) groups is 2. The molecule has 0 aromatic carbocycles. The van der Waals surface area contributed by atoms with Gasteiger partial charge < -0.3 is 15.3 Å². The van der Waals surface area contributed by atoms with E-state index in [9.17, 15) is 9.59 Å². The normalized spacial score (nSPS) is 20.9. The maximum Gasteiger partial charge on any atom is 0.318 e. The van der Waals surface area contributed by atoms with Crippen LogP contribution in [0.2, 0.25) is 0 Å². The fraction of sp³-hybridized carbons (Fsp3) is 0.455. The Kier molecular flexibility index (Phi) is 3.91. The van der Waals surface area contributed by atoms with E-state index in [1.807, 2.05) is 11.4 Å². The Hall–Kier alpha value is -1.08. The summed E-state index contributed by atoms with van der Waals surface area (Å²) >= 11 is 4.95. The summed E-state index contributed by atoms with van der Waals surface area (Å²) in [5.74, 6) is -1.44. The van der Waals surface area contributed by atoms with Crippen LogP contribution in [0, 0.1) is 5.92 Å². The number of hydrogen-bond acceptors (Lipinski definition) is 3. The summed E-state index contributed by atoms with van der Waals surface area (Å²) in [6, 6.07) is 1.73. The van der Waals surface area contributed by atoms with Crippen LogP contribution in [0.15, 0.2) is 15.9 Å². The minimum atomic E-state index is -0.884. The highest BCUT2D eigenvalue weighted by Crippen LogP contribution is 2.29. The zero-order valence-electron chi connectivity index (χ0n) is 9.72. The van der Waals surface area contributed by atoms with E-state index in [-0.39, 0.29) is 18.6 Å². The van der Waals surface area contributed by atoms with Crippen molar-refractivity contribution in [2.45, 2.75) is 13.0 Å². The topological polar surface area (TPSA) is 69.6 Å². The van der Waals surface area contributed by atoms with E-state index in [2.05, 4.69) is 21.2 Å². The number of carboxylic acid groups (broad SMARTS) is 1. The average Bonchev–Trinajstić information content (AvgIpc) is 2.86. The molecule has 2 unspecified atom stereocenters. The third-order valence-corrected chi connectivity index (χ3v) is 4.64. The molecule has 2 atom stereocenters. The van der Waals surface area contributed by atoms with Gasteiger partial charge in [0.25, 0.3) is 0 Å². The number of nitrogens with one attached hydrogen (secondary N) is 1. The molecule has 2 heterocycles. The Labute approximate surface area is 117 Å². The Morgan fingerprint density at radius 2 is 2.50 bits per heavy atom. The number of thiophene rings is 1. The van der Waals surface area contributed by atoms with Crippen LogP contribution in [-0.2, 0) is 4.79 Å². The molecular formula is C11H13BrN2O3S. The van der Waals surface area contributed by atoms with Crippen molar-refractivity contribution in [3.63, 3.8) is 0 Å². The summed E-state index contributed by atoms with van der Waals surface area (Å²) in [7, 11) is 0. The summed E-state index contributed by atoms with van der Waals surface area (Å²) in [6.07, 6.45) is 0. The molecule has 2 amide bonds. The van der Waals surface area contributed by atoms with E-state index in [1.165, 1.54) is 0 Å². The Morgan fingerprint density at radius 1 is 1.78 bits per heavy atom. The maximum atomic E-state index is 11.7. The molecule has 1 aromatic heterocycles. The molecule has 2 N–H and O–H groups in total. The Bertz CT molecular complexity index is 477. The van der Waals surface area contributed by atoms with Gasteiger partial charge in [0, 0.05) is 27.8 Å². The van der Waals surface area contributed by atoms with Crippen LogP contribution in [0.5, 0.6) is 0 Å². The van der Waals surface area contributed by atoms with Crippen molar-refractivity contribution in [1.82, 2.24) is 10.2 Å². The van der Waals surface area contributed by atoms with E-state index in [0.29, 0.717) is 6.54 Å². The minimum absolute atomic E-state index is 0.0465. The second-order valence-electron chi connectivity index (χ2n) is 4.31. The predicted octanol–water partition coefficient (Wildman–Crippen LogP) is 2.30. The van der Waals surface area contributed by atoms with Crippen LogP contribution < -0.4 is 5.32 Å². The van der Waals surface area contributed by atoms with Gasteiger partial charge in [-0.3, -0.25) is 4.79 Å². The fourth-order valence-electron chi connectivity index (χ4n) is 1.83. The predicted molar refractivity (Wildman–Crippen MR) is 71.7 cm³/mol. The molecule has 7 heteroatoms. The number of halogens is 1. The van der Waals surface area contributed by atoms with E-state index >= 15 is 0 Å². The van der Waals surface area contributed by atoms with Crippen molar-refractivity contribution in [3.8, 4) is 0 Å². The number of carboxylic acids is 1. The highest BCUT2D eigenvalue weighted by molar-refractivity contribution is 9.10. The lowest BCUT2D eigenvalue weighted by Crippen LogP contribution is -2.34. The van der Waals surface area contributed by atoms with Crippen molar-refractivity contribution < 1.29 is 14.7 Å². The number of amides is 2. The summed E-state index contributed by atoms with van der Waals surface area (Å²) in [6.45, 7) is 2.36. The lowest BCUT2D eigenvalue weighted by atomic mass is 10.1. The molecule has 98 valence electrons. The second-order valence-corrected chi connectivity index (χ2v) is 6.17. The molecule has 2 rings (SSSR count). The quantitative estimate of drug-likeness (QED) is 0.888. The molecule has 1 aliphatic heterocycles. The third kappa shape index (κ3) is 2.84. The molecule has 0 radical (unpaired) electrons. The van der Waals surface area contributed by atoms with Gasteiger partial charge in [0.2, 0.25) is 0 Å². The summed E-state index contributed by atoms with van der Waals surface area (Å²) in [5.41, 5.74) is 0. The van der Waals surface area contributed by atoms with Crippen LogP contribution in [-0.4, -0.2) is 35.1 Å². The fourth-order valence-corrected chi connectivity index (χ4v) is 3.32. The molecule has 0 spiro atoms. The van der Waals surface area contributed by atoms with Crippen molar-refractivity contribution in [2.24, 2.45) is 5.92 Å². The average molecular weight is 333 g/mol. The lowest BCUT2D eigenvalue weighted by Gasteiger charge is -2.16. The summed E-state index contributed by atoms with van der Waals surface area (Å²) in [4.78, 5) is 25.1. The van der Waals surface area contributed by atoms with Gasteiger partial charge in [-0.05, 0) is 22.0 Å². The second kappa shape index (κ2) is 5.27. The number of nitrogens with zero attached hydrogens (tertiary/aromatic N) is 1. The van der Waals surface area contributed by atoms with Crippen molar-refractivity contribution in [2.75, 3.05) is 13.1 Å². The molecule has 1 aliphatic rings. The number of rotatable bonds is 4. The summed E-state index contributed by atoms with van der Waals surface area (Å²) in [5, 5.41) is 13.7. The minimum Gasteiger partial charge on any atom is -0.481 e. The first-order valence-electron chi connectivity index (χ1n) is 5.49. The van der Waals surface area contributed by atoms with Crippen molar-refractivity contribution in [3.05, 3.63) is 20.8 Å². The van der Waals surface area contributed by atoms with Crippen LogP contribution in [0.1, 0.15) is 17.8 Å². The highest BCUT2D eigenvalue weighted by Gasteiger charge is 2.32. The van der Waals surface area contributed by atoms with Crippen LogP contribution in [0.4, 0.5) is 4.79 Å².